The van der Waals surface area contributed by atoms with Crippen molar-refractivity contribution < 1.29 is 13.3 Å². The number of fused-ring (bicyclic) bond motifs is 3. The second-order valence-corrected chi connectivity index (χ2v) is 10.1. The average molecular weight is 362 g/mol. The highest BCUT2D eigenvalue weighted by Crippen LogP contribution is 2.77. The van der Waals surface area contributed by atoms with Gasteiger partial charge < -0.3 is 0 Å². The van der Waals surface area contributed by atoms with Crippen LogP contribution in [0.1, 0.15) is 26.7 Å². The molecule has 2 aliphatic carbocycles. The van der Waals surface area contributed by atoms with Crippen molar-refractivity contribution in [3.8, 4) is 0 Å². The van der Waals surface area contributed by atoms with Gasteiger partial charge in [0.15, 0.2) is 4.33 Å². The Balaban J connectivity index is 1.78. The van der Waals surface area contributed by atoms with E-state index in [1.807, 2.05) is 0 Å². The molecule has 3 aliphatic rings. The van der Waals surface area contributed by atoms with Gasteiger partial charge in [0.05, 0.1) is 4.90 Å². The molecule has 2 bridgehead atoms. The normalized spacial score (nSPS) is 41.0. The second kappa shape index (κ2) is 4.19. The van der Waals surface area contributed by atoms with Gasteiger partial charge in [0.1, 0.15) is 0 Å². The van der Waals surface area contributed by atoms with Gasteiger partial charge in [0, 0.05) is 11.8 Å². The molecule has 1 heterocycles. The summed E-state index contributed by atoms with van der Waals surface area (Å²) in [5.41, 5.74) is -1.28. The van der Waals surface area contributed by atoms with Crippen molar-refractivity contribution >= 4 is 33.2 Å². The van der Waals surface area contributed by atoms with Crippen LogP contribution in [-0.2, 0) is 14.9 Å². The van der Waals surface area contributed by atoms with Crippen LogP contribution in [-0.4, -0.2) is 22.9 Å². The minimum atomic E-state index is -3.76. The van der Waals surface area contributed by atoms with Crippen molar-refractivity contribution in [1.29, 1.82) is 0 Å². The molecule has 0 radical (unpaired) electrons. The summed E-state index contributed by atoms with van der Waals surface area (Å²) in [4.78, 5) is 5.84. The number of benzene rings is 1. The molecular weight excluding hydrogens is 345 g/mol. The Hall–Kier alpha value is -0.330. The van der Waals surface area contributed by atoms with E-state index in [2.05, 4.69) is 13.8 Å². The second-order valence-electron chi connectivity index (χ2n) is 6.96. The summed E-state index contributed by atoms with van der Waals surface area (Å²) in [5, 5.41) is 0. The van der Waals surface area contributed by atoms with Gasteiger partial charge in [-0.15, -0.1) is 0 Å². The van der Waals surface area contributed by atoms with E-state index in [0.717, 1.165) is 17.3 Å². The smallest absolute Gasteiger partial charge is 0.251 e. The molecule has 4 atom stereocenters. The largest absolute Gasteiger partial charge is 0.268 e. The summed E-state index contributed by atoms with van der Waals surface area (Å²) in [7, 11) is -3.76. The number of halogens is 2. The molecule has 2 saturated carbocycles. The molecule has 4 nitrogen and oxygen atoms in total. The molecule has 120 valence electrons. The SMILES string of the molecule is CC1(C)C2CC[C@@H]1C(Cl)(Cl)C21ON1S(=O)(=O)c1ccccc1. The van der Waals surface area contributed by atoms with Gasteiger partial charge in [-0.25, -0.2) is 8.42 Å². The maximum Gasteiger partial charge on any atom is 0.268 e. The van der Waals surface area contributed by atoms with Gasteiger partial charge in [0.2, 0.25) is 5.72 Å². The lowest BCUT2D eigenvalue weighted by molar-refractivity contribution is 0.174. The maximum absolute atomic E-state index is 12.8. The molecule has 22 heavy (non-hydrogen) atoms. The third-order valence-electron chi connectivity index (χ3n) is 5.65. The lowest BCUT2D eigenvalue weighted by Gasteiger charge is -2.30. The van der Waals surface area contributed by atoms with Gasteiger partial charge in [-0.1, -0.05) is 55.2 Å². The Morgan fingerprint density at radius 3 is 2.27 bits per heavy atom. The van der Waals surface area contributed by atoms with E-state index in [1.165, 1.54) is 0 Å². The minimum Gasteiger partial charge on any atom is -0.251 e. The zero-order chi connectivity index (χ0) is 16.0. The lowest BCUT2D eigenvalue weighted by Crippen LogP contribution is -2.45. The first kappa shape index (κ1) is 15.2. The van der Waals surface area contributed by atoms with Crippen LogP contribution in [0.25, 0.3) is 0 Å². The highest BCUT2D eigenvalue weighted by Gasteiger charge is 2.87. The molecule has 1 aliphatic heterocycles. The molecule has 1 aromatic rings. The van der Waals surface area contributed by atoms with Crippen molar-refractivity contribution in [1.82, 2.24) is 4.47 Å². The van der Waals surface area contributed by atoms with Crippen LogP contribution in [0.15, 0.2) is 35.2 Å². The first-order valence-electron chi connectivity index (χ1n) is 7.34. The fourth-order valence-corrected chi connectivity index (χ4v) is 7.45. The molecule has 1 spiro atoms. The van der Waals surface area contributed by atoms with Gasteiger partial charge in [-0.05, 0) is 34.9 Å². The van der Waals surface area contributed by atoms with E-state index >= 15 is 0 Å². The molecule has 3 unspecified atom stereocenters. The summed E-state index contributed by atoms with van der Waals surface area (Å²) >= 11 is 13.3. The standard InChI is InChI=1S/C15H17Cl2NO3S/c1-13(2)11-8-9-12(13)15(14(11,16)17)18(21-15)22(19,20)10-6-4-3-5-7-10/h3-7,11-12H,8-9H2,1-2H3/t11-,12?,15?,18?/m0/s1. The van der Waals surface area contributed by atoms with Crippen LogP contribution in [0, 0.1) is 17.3 Å². The number of nitrogens with zero attached hydrogens (tertiary/aromatic N) is 1. The van der Waals surface area contributed by atoms with Crippen LogP contribution in [0.2, 0.25) is 0 Å². The zero-order valence-electron chi connectivity index (χ0n) is 12.3. The summed E-state index contributed by atoms with van der Waals surface area (Å²) in [5.74, 6) is 0.0165. The minimum absolute atomic E-state index is 0.00140. The third-order valence-corrected chi connectivity index (χ3v) is 8.37. The molecule has 1 saturated heterocycles. The van der Waals surface area contributed by atoms with Crippen LogP contribution >= 0.6 is 23.2 Å². The first-order chi connectivity index (χ1) is 10.2. The predicted molar refractivity (Wildman–Crippen MR) is 83.7 cm³/mol. The Labute approximate surface area is 140 Å². The Kier molecular flexibility index (Phi) is 2.90. The number of hydrogen-bond acceptors (Lipinski definition) is 3. The van der Waals surface area contributed by atoms with Crippen molar-refractivity contribution in [3.05, 3.63) is 30.3 Å². The van der Waals surface area contributed by atoms with E-state index in [-0.39, 0.29) is 22.1 Å². The van der Waals surface area contributed by atoms with Crippen molar-refractivity contribution in [2.45, 2.75) is 41.6 Å². The monoisotopic (exact) mass is 361 g/mol. The highest BCUT2D eigenvalue weighted by molar-refractivity contribution is 7.89. The predicted octanol–water partition coefficient (Wildman–Crippen LogP) is 3.56. The Morgan fingerprint density at radius 2 is 1.73 bits per heavy atom. The quantitative estimate of drug-likeness (QED) is 0.597. The topological polar surface area (TPSA) is 49.7 Å². The number of sulfonamides is 1. The average Bonchev–Trinajstić information content (AvgIpc) is 3.10. The Bertz CT molecular complexity index is 734. The van der Waals surface area contributed by atoms with Crippen molar-refractivity contribution in [3.63, 3.8) is 0 Å². The molecule has 0 N–H and O–H groups in total. The van der Waals surface area contributed by atoms with Gasteiger partial charge >= 0.3 is 0 Å². The first-order valence-corrected chi connectivity index (χ1v) is 9.54. The van der Waals surface area contributed by atoms with E-state index in [9.17, 15) is 8.42 Å². The van der Waals surface area contributed by atoms with Crippen molar-refractivity contribution in [2.24, 2.45) is 17.3 Å². The summed E-state index contributed by atoms with van der Waals surface area (Å²) in [6.45, 7) is 4.19. The van der Waals surface area contributed by atoms with Crippen LogP contribution in [0.5, 0.6) is 0 Å². The van der Waals surface area contributed by atoms with Crippen molar-refractivity contribution in [2.75, 3.05) is 0 Å². The molecule has 1 aromatic carbocycles. The molecule has 4 rings (SSSR count). The lowest BCUT2D eigenvalue weighted by atomic mass is 9.81. The van der Waals surface area contributed by atoms with Gasteiger partial charge in [-0.3, -0.25) is 4.84 Å². The number of hydroxylamine groups is 1. The van der Waals surface area contributed by atoms with Gasteiger partial charge in [0.25, 0.3) is 10.0 Å². The number of alkyl halides is 2. The zero-order valence-corrected chi connectivity index (χ0v) is 14.6. The molecule has 3 fully saturated rings. The van der Waals surface area contributed by atoms with Crippen LogP contribution in [0.3, 0.4) is 0 Å². The maximum atomic E-state index is 12.8. The third kappa shape index (κ3) is 1.54. The fourth-order valence-electron chi connectivity index (χ4n) is 4.55. The number of hydrogen-bond donors (Lipinski definition) is 0. The summed E-state index contributed by atoms with van der Waals surface area (Å²) < 4.78 is 25.5. The molecule has 0 aromatic heterocycles. The summed E-state index contributed by atoms with van der Waals surface area (Å²) in [6, 6.07) is 8.23. The molecule has 7 heteroatoms. The summed E-state index contributed by atoms with van der Waals surface area (Å²) in [6.07, 6.45) is 1.77. The van der Waals surface area contributed by atoms with E-state index < -0.39 is 20.1 Å². The van der Waals surface area contributed by atoms with Crippen LogP contribution < -0.4 is 0 Å². The van der Waals surface area contributed by atoms with E-state index in [0.29, 0.717) is 0 Å². The fraction of sp³-hybridized carbons (Fsp3) is 0.600. The van der Waals surface area contributed by atoms with E-state index in [1.54, 1.807) is 30.3 Å². The Morgan fingerprint density at radius 1 is 1.14 bits per heavy atom. The molecule has 0 amide bonds. The molecular formula is C15H17Cl2NO3S. The van der Waals surface area contributed by atoms with Gasteiger partial charge in [-0.2, -0.15) is 0 Å². The van der Waals surface area contributed by atoms with Crippen LogP contribution in [0.4, 0.5) is 0 Å². The van der Waals surface area contributed by atoms with E-state index in [4.69, 9.17) is 28.0 Å². The highest BCUT2D eigenvalue weighted by atomic mass is 35.5. The number of rotatable bonds is 2.